The summed E-state index contributed by atoms with van der Waals surface area (Å²) in [5.41, 5.74) is 3.06. The van der Waals surface area contributed by atoms with Crippen LogP contribution in [0.15, 0.2) is 30.4 Å². The van der Waals surface area contributed by atoms with E-state index in [-0.39, 0.29) is 0 Å². The van der Waals surface area contributed by atoms with Crippen LogP contribution in [0.3, 0.4) is 0 Å². The van der Waals surface area contributed by atoms with Crippen molar-refractivity contribution >= 4 is 0 Å². The fourth-order valence-corrected chi connectivity index (χ4v) is 1.49. The van der Waals surface area contributed by atoms with Crippen LogP contribution in [0.4, 0.5) is 0 Å². The van der Waals surface area contributed by atoms with Gasteiger partial charge in [0.1, 0.15) is 5.60 Å². The third kappa shape index (κ3) is 1.88. The van der Waals surface area contributed by atoms with Crippen molar-refractivity contribution in [3.05, 3.63) is 47.0 Å². The van der Waals surface area contributed by atoms with Gasteiger partial charge in [0, 0.05) is 0 Å². The highest BCUT2D eigenvalue weighted by molar-refractivity contribution is 5.38. The van der Waals surface area contributed by atoms with E-state index in [2.05, 4.69) is 6.58 Å². The zero-order valence-electron chi connectivity index (χ0n) is 9.39. The van der Waals surface area contributed by atoms with Crippen molar-refractivity contribution in [3.63, 3.8) is 0 Å². The summed E-state index contributed by atoms with van der Waals surface area (Å²) in [6, 6.07) is 6.10. The highest BCUT2D eigenvalue weighted by Crippen LogP contribution is 2.30. The van der Waals surface area contributed by atoms with Crippen molar-refractivity contribution in [2.75, 3.05) is 0 Å². The van der Waals surface area contributed by atoms with Gasteiger partial charge in [0.25, 0.3) is 0 Å². The van der Waals surface area contributed by atoms with Gasteiger partial charge in [0.05, 0.1) is 0 Å². The van der Waals surface area contributed by atoms with Crippen LogP contribution in [-0.4, -0.2) is 5.11 Å². The second kappa shape index (κ2) is 3.58. The lowest BCUT2D eigenvalue weighted by molar-refractivity contribution is 0.0973. The fraction of sp³-hybridized carbons (Fsp3) is 0.385. The summed E-state index contributed by atoms with van der Waals surface area (Å²) in [7, 11) is 0. The summed E-state index contributed by atoms with van der Waals surface area (Å²) in [6.07, 6.45) is 0. The summed E-state index contributed by atoms with van der Waals surface area (Å²) in [6.45, 7) is 11.5. The molecule has 1 unspecified atom stereocenters. The van der Waals surface area contributed by atoms with Crippen LogP contribution in [0.25, 0.3) is 0 Å². The summed E-state index contributed by atoms with van der Waals surface area (Å²) < 4.78 is 0. The van der Waals surface area contributed by atoms with E-state index in [9.17, 15) is 5.11 Å². The molecule has 1 N–H and O–H groups in total. The lowest BCUT2D eigenvalue weighted by Crippen LogP contribution is -2.23. The van der Waals surface area contributed by atoms with E-state index in [4.69, 9.17) is 0 Å². The molecule has 0 saturated carbocycles. The SMILES string of the molecule is C=C(C)C(C)(O)c1cc(C)ccc1C. The van der Waals surface area contributed by atoms with Crippen LogP contribution < -0.4 is 0 Å². The average Bonchev–Trinajstić information content (AvgIpc) is 2.08. The van der Waals surface area contributed by atoms with Gasteiger partial charge >= 0.3 is 0 Å². The van der Waals surface area contributed by atoms with Gasteiger partial charge < -0.3 is 5.11 Å². The van der Waals surface area contributed by atoms with Gasteiger partial charge in [0.15, 0.2) is 0 Å². The van der Waals surface area contributed by atoms with Crippen LogP contribution >= 0.6 is 0 Å². The number of rotatable bonds is 2. The first-order valence-electron chi connectivity index (χ1n) is 4.82. The van der Waals surface area contributed by atoms with E-state index in [1.807, 2.05) is 39.0 Å². The van der Waals surface area contributed by atoms with E-state index in [0.29, 0.717) is 0 Å². The predicted molar refractivity (Wildman–Crippen MR) is 60.3 cm³/mol. The van der Waals surface area contributed by atoms with Crippen molar-refractivity contribution in [2.45, 2.75) is 33.3 Å². The Bertz CT molecular complexity index is 361. The van der Waals surface area contributed by atoms with Crippen molar-refractivity contribution < 1.29 is 5.11 Å². The molecule has 1 aromatic rings. The topological polar surface area (TPSA) is 20.2 Å². The van der Waals surface area contributed by atoms with Gasteiger partial charge in [-0.3, -0.25) is 0 Å². The Morgan fingerprint density at radius 2 is 1.93 bits per heavy atom. The molecule has 1 aromatic carbocycles. The minimum absolute atomic E-state index is 0.770. The van der Waals surface area contributed by atoms with Gasteiger partial charge in [-0.25, -0.2) is 0 Å². The number of hydrogen-bond donors (Lipinski definition) is 1. The molecule has 1 atom stereocenters. The average molecular weight is 190 g/mol. The third-order valence-electron chi connectivity index (χ3n) is 2.75. The van der Waals surface area contributed by atoms with Gasteiger partial charge in [-0.15, -0.1) is 0 Å². The Hall–Kier alpha value is -1.08. The second-order valence-corrected chi connectivity index (χ2v) is 4.17. The van der Waals surface area contributed by atoms with Gasteiger partial charge in [-0.05, 0) is 44.4 Å². The molecule has 0 aliphatic carbocycles. The molecule has 0 aliphatic rings. The minimum Gasteiger partial charge on any atom is -0.381 e. The maximum absolute atomic E-state index is 10.3. The highest BCUT2D eigenvalue weighted by atomic mass is 16.3. The van der Waals surface area contributed by atoms with Crippen LogP contribution in [0.1, 0.15) is 30.5 Å². The fourth-order valence-electron chi connectivity index (χ4n) is 1.49. The zero-order chi connectivity index (χ0) is 10.9. The maximum Gasteiger partial charge on any atom is 0.108 e. The van der Waals surface area contributed by atoms with E-state index in [0.717, 1.165) is 22.3 Å². The minimum atomic E-state index is -0.921. The van der Waals surface area contributed by atoms with Crippen molar-refractivity contribution in [2.24, 2.45) is 0 Å². The van der Waals surface area contributed by atoms with Gasteiger partial charge in [-0.2, -0.15) is 0 Å². The standard InChI is InChI=1S/C13H18O/c1-9(2)13(5,14)12-8-10(3)6-7-11(12)4/h6-8,14H,1H2,2-5H3. The van der Waals surface area contributed by atoms with Crippen molar-refractivity contribution in [3.8, 4) is 0 Å². The lowest BCUT2D eigenvalue weighted by atomic mass is 9.86. The molecule has 1 heteroatoms. The van der Waals surface area contributed by atoms with Gasteiger partial charge in [0.2, 0.25) is 0 Å². The first-order valence-corrected chi connectivity index (χ1v) is 4.82. The quantitative estimate of drug-likeness (QED) is 0.710. The highest BCUT2D eigenvalue weighted by Gasteiger charge is 2.25. The summed E-state index contributed by atoms with van der Waals surface area (Å²) in [4.78, 5) is 0. The molecular formula is C13H18O. The van der Waals surface area contributed by atoms with Crippen LogP contribution in [0.5, 0.6) is 0 Å². The molecule has 14 heavy (non-hydrogen) atoms. The number of aliphatic hydroxyl groups is 1. The third-order valence-corrected chi connectivity index (χ3v) is 2.75. The zero-order valence-corrected chi connectivity index (χ0v) is 9.39. The van der Waals surface area contributed by atoms with E-state index < -0.39 is 5.60 Å². The van der Waals surface area contributed by atoms with Gasteiger partial charge in [-0.1, -0.05) is 30.3 Å². The molecule has 0 aliphatic heterocycles. The van der Waals surface area contributed by atoms with Crippen LogP contribution in [0, 0.1) is 13.8 Å². The number of hydrogen-bond acceptors (Lipinski definition) is 1. The number of aryl methyl sites for hydroxylation is 2. The number of benzene rings is 1. The summed E-state index contributed by atoms with van der Waals surface area (Å²) in [5, 5.41) is 10.3. The lowest BCUT2D eigenvalue weighted by Gasteiger charge is -2.26. The Kier molecular flexibility index (Phi) is 2.81. The molecular weight excluding hydrogens is 172 g/mol. The van der Waals surface area contributed by atoms with E-state index in [1.54, 1.807) is 6.92 Å². The Morgan fingerprint density at radius 1 is 1.36 bits per heavy atom. The monoisotopic (exact) mass is 190 g/mol. The van der Waals surface area contributed by atoms with Crippen LogP contribution in [0.2, 0.25) is 0 Å². The first kappa shape index (κ1) is 11.0. The molecule has 0 spiro atoms. The molecule has 0 bridgehead atoms. The maximum atomic E-state index is 10.3. The smallest absolute Gasteiger partial charge is 0.108 e. The largest absolute Gasteiger partial charge is 0.381 e. The molecule has 0 saturated heterocycles. The molecule has 0 aromatic heterocycles. The molecule has 1 rings (SSSR count). The van der Waals surface area contributed by atoms with Crippen molar-refractivity contribution in [1.82, 2.24) is 0 Å². The molecule has 0 fully saturated rings. The molecule has 0 amide bonds. The predicted octanol–water partition coefficient (Wildman–Crippen LogP) is 3.09. The molecule has 0 radical (unpaired) electrons. The summed E-state index contributed by atoms with van der Waals surface area (Å²) >= 11 is 0. The normalized spacial score (nSPS) is 14.9. The molecule has 1 nitrogen and oxygen atoms in total. The Labute approximate surface area is 86.1 Å². The Balaban J connectivity index is 3.31. The summed E-state index contributed by atoms with van der Waals surface area (Å²) in [5.74, 6) is 0. The second-order valence-electron chi connectivity index (χ2n) is 4.17. The van der Waals surface area contributed by atoms with Crippen molar-refractivity contribution in [1.29, 1.82) is 0 Å². The van der Waals surface area contributed by atoms with E-state index in [1.165, 1.54) is 0 Å². The van der Waals surface area contributed by atoms with Crippen LogP contribution in [-0.2, 0) is 5.60 Å². The molecule has 0 heterocycles. The Morgan fingerprint density at radius 3 is 2.43 bits per heavy atom. The molecule has 76 valence electrons. The first-order chi connectivity index (χ1) is 6.35. The van der Waals surface area contributed by atoms with E-state index >= 15 is 0 Å².